The van der Waals surface area contributed by atoms with Gasteiger partial charge in [-0.3, -0.25) is 4.31 Å². The highest BCUT2D eigenvalue weighted by Gasteiger charge is 2.30. The summed E-state index contributed by atoms with van der Waals surface area (Å²) in [5.74, 6) is 0.618. The van der Waals surface area contributed by atoms with Gasteiger partial charge in [-0.15, -0.1) is 0 Å². The van der Waals surface area contributed by atoms with Crippen LogP contribution in [-0.2, 0) is 10.2 Å². The summed E-state index contributed by atoms with van der Waals surface area (Å²) in [4.78, 5) is 0. The van der Waals surface area contributed by atoms with Crippen LogP contribution in [0.1, 0.15) is 5.56 Å². The summed E-state index contributed by atoms with van der Waals surface area (Å²) in [6, 6.07) is 5.54. The molecule has 1 aromatic carbocycles. The maximum absolute atomic E-state index is 12.2. The highest BCUT2D eigenvalue weighted by molar-refractivity contribution is 7.90. The van der Waals surface area contributed by atoms with E-state index in [1.54, 1.807) is 0 Å². The summed E-state index contributed by atoms with van der Waals surface area (Å²) in [5.41, 5.74) is 1.62. The molecule has 0 N–H and O–H groups in total. The van der Waals surface area contributed by atoms with Crippen LogP contribution in [0.4, 0.5) is 5.69 Å². The molecule has 6 heteroatoms. The van der Waals surface area contributed by atoms with E-state index in [9.17, 15) is 8.42 Å². The predicted octanol–water partition coefficient (Wildman–Crippen LogP) is 1.00. The summed E-state index contributed by atoms with van der Waals surface area (Å²) in [7, 11) is -0.387. The van der Waals surface area contributed by atoms with Gasteiger partial charge in [0.25, 0.3) is 0 Å². The van der Waals surface area contributed by atoms with E-state index in [0.29, 0.717) is 24.6 Å². The van der Waals surface area contributed by atoms with Crippen molar-refractivity contribution in [1.29, 1.82) is 0 Å². The van der Waals surface area contributed by atoms with Crippen LogP contribution in [0.5, 0.6) is 5.75 Å². The molecule has 0 spiro atoms. The maximum atomic E-state index is 12.2. The molecule has 0 unspecified atom stereocenters. The zero-order valence-electron chi connectivity index (χ0n) is 10.2. The molecule has 1 aromatic rings. The fourth-order valence-corrected chi connectivity index (χ4v) is 2.83. The summed E-state index contributed by atoms with van der Waals surface area (Å²) < 4.78 is 32.4. The van der Waals surface area contributed by atoms with E-state index in [2.05, 4.69) is 0 Å². The lowest BCUT2D eigenvalue weighted by atomic mass is 10.2. The largest absolute Gasteiger partial charge is 0.489 e. The van der Waals surface area contributed by atoms with Gasteiger partial charge < -0.3 is 4.74 Å². The van der Waals surface area contributed by atoms with Crippen LogP contribution >= 0.6 is 0 Å². The molecule has 0 radical (unpaired) electrons. The molecule has 0 atom stereocenters. The van der Waals surface area contributed by atoms with E-state index in [-0.39, 0.29) is 0 Å². The molecule has 1 heterocycles. The lowest BCUT2D eigenvalue weighted by Crippen LogP contribution is -2.44. The zero-order valence-corrected chi connectivity index (χ0v) is 11.0. The minimum absolute atomic E-state index is 0.344. The Morgan fingerprint density at radius 1 is 1.35 bits per heavy atom. The Bertz CT molecular complexity index is 526. The summed E-state index contributed by atoms with van der Waals surface area (Å²) in [6.45, 7) is 2.65. The van der Waals surface area contributed by atoms with Gasteiger partial charge in [0.15, 0.2) is 0 Å². The Balaban J connectivity index is 2.52. The molecule has 0 bridgehead atoms. The van der Waals surface area contributed by atoms with Crippen LogP contribution in [0.2, 0.25) is 0 Å². The first-order valence-corrected chi connectivity index (χ1v) is 6.76. The highest BCUT2D eigenvalue weighted by Crippen LogP contribution is 2.34. The lowest BCUT2D eigenvalue weighted by molar-refractivity contribution is 0.314. The first kappa shape index (κ1) is 12.2. The van der Waals surface area contributed by atoms with Crippen molar-refractivity contribution >= 4 is 15.9 Å². The van der Waals surface area contributed by atoms with Gasteiger partial charge in [-0.1, -0.05) is 6.07 Å². The number of anilines is 1. The van der Waals surface area contributed by atoms with Crippen LogP contribution < -0.4 is 9.04 Å². The minimum Gasteiger partial charge on any atom is -0.489 e. The molecule has 5 nitrogen and oxygen atoms in total. The second-order valence-electron chi connectivity index (χ2n) is 4.18. The first-order chi connectivity index (χ1) is 7.93. The normalized spacial score (nSPS) is 15.6. The van der Waals surface area contributed by atoms with Crippen molar-refractivity contribution in [2.24, 2.45) is 0 Å². The number of aryl methyl sites for hydroxylation is 1. The number of benzene rings is 1. The van der Waals surface area contributed by atoms with E-state index in [1.165, 1.54) is 22.7 Å². The molecule has 0 saturated carbocycles. The predicted molar refractivity (Wildman–Crippen MR) is 66.6 cm³/mol. The molecule has 2 rings (SSSR count). The molecule has 17 heavy (non-hydrogen) atoms. The number of hydrogen-bond acceptors (Lipinski definition) is 3. The van der Waals surface area contributed by atoms with Crippen LogP contribution in [-0.4, -0.2) is 40.0 Å². The van der Waals surface area contributed by atoms with Gasteiger partial charge in [-0.2, -0.15) is 12.7 Å². The summed E-state index contributed by atoms with van der Waals surface area (Å²) in [5, 5.41) is 0. The van der Waals surface area contributed by atoms with Crippen molar-refractivity contribution in [3.05, 3.63) is 23.8 Å². The quantitative estimate of drug-likeness (QED) is 0.793. The van der Waals surface area contributed by atoms with Gasteiger partial charge >= 0.3 is 10.2 Å². The van der Waals surface area contributed by atoms with Crippen LogP contribution in [0.3, 0.4) is 0 Å². The van der Waals surface area contributed by atoms with E-state index in [4.69, 9.17) is 4.74 Å². The topological polar surface area (TPSA) is 49.9 Å². The SMILES string of the molecule is Cc1ccc2c(c1)N(S(=O)(=O)N(C)C)CCO2. The van der Waals surface area contributed by atoms with E-state index in [1.807, 2.05) is 25.1 Å². The van der Waals surface area contributed by atoms with Crippen LogP contribution in [0, 0.1) is 6.92 Å². The summed E-state index contributed by atoms with van der Waals surface area (Å²) in [6.07, 6.45) is 0. The molecule has 94 valence electrons. The lowest BCUT2D eigenvalue weighted by Gasteiger charge is -2.32. The Kier molecular flexibility index (Phi) is 3.01. The monoisotopic (exact) mass is 256 g/mol. The highest BCUT2D eigenvalue weighted by atomic mass is 32.2. The average Bonchev–Trinajstić information content (AvgIpc) is 2.27. The molecular formula is C11H16N2O3S. The van der Waals surface area contributed by atoms with Gasteiger partial charge in [0.1, 0.15) is 12.4 Å². The van der Waals surface area contributed by atoms with Crippen molar-refractivity contribution in [2.45, 2.75) is 6.92 Å². The second kappa shape index (κ2) is 4.19. The fraction of sp³-hybridized carbons (Fsp3) is 0.455. The average molecular weight is 256 g/mol. The molecule has 0 aromatic heterocycles. The second-order valence-corrected chi connectivity index (χ2v) is 6.25. The van der Waals surface area contributed by atoms with Gasteiger partial charge in [0, 0.05) is 14.1 Å². The number of rotatable bonds is 2. The molecule has 0 amide bonds. The van der Waals surface area contributed by atoms with Crippen molar-refractivity contribution in [1.82, 2.24) is 4.31 Å². The number of ether oxygens (including phenoxy) is 1. The van der Waals surface area contributed by atoms with Crippen molar-refractivity contribution in [2.75, 3.05) is 31.6 Å². The van der Waals surface area contributed by atoms with Gasteiger partial charge in [0.2, 0.25) is 0 Å². The Labute approximate surface area is 102 Å². The standard InChI is InChI=1S/C11H16N2O3S/c1-9-4-5-11-10(8-9)13(6-7-16-11)17(14,15)12(2)3/h4-5,8H,6-7H2,1-3H3. The molecular weight excluding hydrogens is 240 g/mol. The van der Waals surface area contributed by atoms with Gasteiger partial charge in [-0.25, -0.2) is 0 Å². The van der Waals surface area contributed by atoms with Crippen molar-refractivity contribution in [3.63, 3.8) is 0 Å². The number of hydrogen-bond donors (Lipinski definition) is 0. The maximum Gasteiger partial charge on any atom is 0.303 e. The van der Waals surface area contributed by atoms with Gasteiger partial charge in [-0.05, 0) is 24.6 Å². The fourth-order valence-electron chi connectivity index (χ4n) is 1.74. The number of fused-ring (bicyclic) bond motifs is 1. The van der Waals surface area contributed by atoms with Crippen LogP contribution in [0.15, 0.2) is 18.2 Å². The molecule has 1 aliphatic heterocycles. The third-order valence-corrected chi connectivity index (χ3v) is 4.53. The van der Waals surface area contributed by atoms with Crippen molar-refractivity contribution in [3.8, 4) is 5.75 Å². The van der Waals surface area contributed by atoms with E-state index >= 15 is 0 Å². The van der Waals surface area contributed by atoms with Crippen molar-refractivity contribution < 1.29 is 13.2 Å². The molecule has 0 aliphatic carbocycles. The van der Waals surface area contributed by atoms with E-state index in [0.717, 1.165) is 5.56 Å². The molecule has 0 saturated heterocycles. The Morgan fingerprint density at radius 3 is 2.71 bits per heavy atom. The third kappa shape index (κ3) is 2.10. The van der Waals surface area contributed by atoms with Gasteiger partial charge in [0.05, 0.1) is 12.2 Å². The first-order valence-electron chi connectivity index (χ1n) is 5.36. The smallest absolute Gasteiger partial charge is 0.303 e. The van der Waals surface area contributed by atoms with Crippen LogP contribution in [0.25, 0.3) is 0 Å². The minimum atomic E-state index is -3.44. The van der Waals surface area contributed by atoms with E-state index < -0.39 is 10.2 Å². The molecule has 0 fully saturated rings. The Morgan fingerprint density at radius 2 is 2.06 bits per heavy atom. The zero-order chi connectivity index (χ0) is 12.6. The number of nitrogens with zero attached hydrogens (tertiary/aromatic N) is 2. The molecule has 1 aliphatic rings. The summed E-state index contributed by atoms with van der Waals surface area (Å²) >= 11 is 0. The Hall–Kier alpha value is -1.27. The third-order valence-electron chi connectivity index (χ3n) is 2.68.